The number of benzene rings is 4. The molecule has 2 N–H and O–H groups in total. The smallest absolute Gasteiger partial charge is 0.338 e. The molecule has 4 aromatic rings. The van der Waals surface area contributed by atoms with Crippen LogP contribution in [-0.2, 0) is 34.4 Å². The first kappa shape index (κ1) is 39.3. The van der Waals surface area contributed by atoms with Gasteiger partial charge >= 0.3 is 11.9 Å². The fraction of sp³-hybridized carbons (Fsp3) is 0.257. The average Bonchev–Trinajstić information content (AvgIpc) is 3.13. The second kappa shape index (κ2) is 18.1. The predicted octanol–water partition coefficient (Wildman–Crippen LogP) is 3.34. The van der Waals surface area contributed by atoms with Crippen molar-refractivity contribution in [3.63, 3.8) is 0 Å². The van der Waals surface area contributed by atoms with Crippen LogP contribution in [0.5, 0.6) is 11.5 Å². The minimum atomic E-state index is -4.64. The van der Waals surface area contributed by atoms with E-state index in [9.17, 15) is 38.0 Å². The summed E-state index contributed by atoms with van der Waals surface area (Å²) >= 11 is 0.689. The standard InChI is InChI=1S/C35H36O14S2/c1-35(2,25-7-11-29(12-8-25)44-19-27(36)21-46-33(38)23-3-15-31(16-4-23)50-49-48-40)26-9-13-30(14-10-26)45-20-28(37)22-47-34(39)24-5-17-32(18-6-24)51(41,42)43/h3-18,27-28,36-37,40H,19-22H2,1-2H3,(H,41,42,43)/p-2. The van der Waals surface area contributed by atoms with Crippen molar-refractivity contribution in [3.05, 3.63) is 119 Å². The molecule has 2 atom stereocenters. The highest BCUT2D eigenvalue weighted by molar-refractivity contribution is 7.94. The summed E-state index contributed by atoms with van der Waals surface area (Å²) in [7, 11) is -4.64. The number of hydrogen-bond acceptors (Lipinski definition) is 15. The molecule has 0 aromatic heterocycles. The molecule has 51 heavy (non-hydrogen) atoms. The van der Waals surface area contributed by atoms with Crippen LogP contribution in [0.3, 0.4) is 0 Å². The van der Waals surface area contributed by atoms with Crippen molar-refractivity contribution in [3.8, 4) is 11.5 Å². The van der Waals surface area contributed by atoms with Gasteiger partial charge in [-0.05, 0) is 83.9 Å². The van der Waals surface area contributed by atoms with E-state index in [1.807, 2.05) is 38.1 Å². The lowest BCUT2D eigenvalue weighted by atomic mass is 9.78. The Morgan fingerprint density at radius 2 is 1.10 bits per heavy atom. The van der Waals surface area contributed by atoms with Gasteiger partial charge in [-0.25, -0.2) is 18.0 Å². The zero-order chi connectivity index (χ0) is 37.0. The topological polar surface area (TPSA) is 210 Å². The molecule has 272 valence electrons. The van der Waals surface area contributed by atoms with Crippen molar-refractivity contribution >= 4 is 34.1 Å². The molecule has 16 heteroatoms. The maximum Gasteiger partial charge on any atom is 0.338 e. The van der Waals surface area contributed by atoms with Crippen molar-refractivity contribution in [1.29, 1.82) is 0 Å². The summed E-state index contributed by atoms with van der Waals surface area (Å²) in [6.45, 7) is 3.17. The summed E-state index contributed by atoms with van der Waals surface area (Å²) in [5.41, 5.74) is 1.81. The van der Waals surface area contributed by atoms with Gasteiger partial charge in [0.05, 0.1) is 28.1 Å². The third-order valence-corrected chi connectivity index (χ3v) is 8.91. The normalized spacial score (nSPS) is 12.8. The van der Waals surface area contributed by atoms with E-state index in [1.54, 1.807) is 24.3 Å². The van der Waals surface area contributed by atoms with E-state index in [-0.39, 0.29) is 37.6 Å². The average molecular weight is 743 g/mol. The van der Waals surface area contributed by atoms with Crippen molar-refractivity contribution in [2.45, 2.75) is 41.3 Å². The molecular weight excluding hydrogens is 709 g/mol. The predicted molar refractivity (Wildman–Crippen MR) is 177 cm³/mol. The fourth-order valence-corrected chi connectivity index (χ4v) is 5.37. The quantitative estimate of drug-likeness (QED) is 0.0492. The first-order valence-corrected chi connectivity index (χ1v) is 17.4. The summed E-state index contributed by atoms with van der Waals surface area (Å²) in [5, 5.41) is 33.7. The maximum atomic E-state index is 12.3. The van der Waals surface area contributed by atoms with Gasteiger partial charge in [0.15, 0.2) is 0 Å². The zero-order valence-electron chi connectivity index (χ0n) is 27.3. The van der Waals surface area contributed by atoms with Gasteiger partial charge < -0.3 is 39.0 Å². The molecule has 0 aliphatic rings. The lowest BCUT2D eigenvalue weighted by molar-refractivity contribution is -0.777. The SMILES string of the molecule is CC(C)(c1ccc(OCC(O)COC(=O)c2ccc(SOO[O-])cc2)cc1)c1ccc(OCC(O)COC(=O)c2ccc(S(=O)(=O)[O-])cc2)cc1. The van der Waals surface area contributed by atoms with Gasteiger partial charge in [-0.3, -0.25) is 5.04 Å². The lowest BCUT2D eigenvalue weighted by Gasteiger charge is -2.26. The van der Waals surface area contributed by atoms with E-state index < -0.39 is 44.6 Å². The Hall–Kier alpha value is -4.52. The van der Waals surface area contributed by atoms with E-state index in [0.717, 1.165) is 35.4 Å². The monoisotopic (exact) mass is 742 g/mol. The summed E-state index contributed by atoms with van der Waals surface area (Å²) in [5.74, 6) is -0.442. The van der Waals surface area contributed by atoms with Crippen LogP contribution in [0.15, 0.2) is 107 Å². The number of esters is 2. The van der Waals surface area contributed by atoms with Gasteiger partial charge in [-0.1, -0.05) is 38.1 Å². The zero-order valence-corrected chi connectivity index (χ0v) is 29.0. The third kappa shape index (κ3) is 11.8. The molecule has 2 unspecified atom stereocenters. The minimum absolute atomic E-state index is 0.0210. The van der Waals surface area contributed by atoms with Crippen LogP contribution in [-0.4, -0.2) is 73.8 Å². The van der Waals surface area contributed by atoms with E-state index in [2.05, 4.69) is 9.37 Å². The molecule has 0 heterocycles. The Kier molecular flexibility index (Phi) is 13.9. The van der Waals surface area contributed by atoms with Crippen LogP contribution < -0.4 is 14.7 Å². The second-order valence-electron chi connectivity index (χ2n) is 11.5. The van der Waals surface area contributed by atoms with E-state index in [1.165, 1.54) is 24.3 Å². The van der Waals surface area contributed by atoms with E-state index in [4.69, 9.17) is 18.9 Å². The second-order valence-corrected chi connectivity index (χ2v) is 13.7. The lowest BCUT2D eigenvalue weighted by Crippen LogP contribution is -2.25. The Morgan fingerprint density at radius 1 is 0.686 bits per heavy atom. The highest BCUT2D eigenvalue weighted by Gasteiger charge is 2.23. The molecule has 0 spiro atoms. The Bertz CT molecular complexity index is 1830. The van der Waals surface area contributed by atoms with Gasteiger partial charge in [0.25, 0.3) is 0 Å². The van der Waals surface area contributed by atoms with Crippen LogP contribution in [0.4, 0.5) is 0 Å². The number of rotatable bonds is 18. The molecule has 4 rings (SSSR count). The molecule has 0 saturated heterocycles. The summed E-state index contributed by atoms with van der Waals surface area (Å²) in [6, 6.07) is 25.0. The van der Waals surface area contributed by atoms with Crippen LogP contribution in [0.2, 0.25) is 0 Å². The number of hydrogen-bond donors (Lipinski definition) is 2. The van der Waals surface area contributed by atoms with Crippen LogP contribution >= 0.6 is 12.0 Å². The van der Waals surface area contributed by atoms with E-state index >= 15 is 0 Å². The molecule has 0 amide bonds. The third-order valence-electron chi connectivity index (χ3n) is 7.48. The molecule has 0 bridgehead atoms. The summed E-state index contributed by atoms with van der Waals surface area (Å²) < 4.78 is 58.8. The highest BCUT2D eigenvalue weighted by Crippen LogP contribution is 2.33. The summed E-state index contributed by atoms with van der Waals surface area (Å²) in [6.07, 6.45) is -2.21. The molecule has 0 aliphatic carbocycles. The Morgan fingerprint density at radius 3 is 1.49 bits per heavy atom. The van der Waals surface area contributed by atoms with Gasteiger partial charge in [0.2, 0.25) is 0 Å². The molecule has 0 radical (unpaired) electrons. The molecule has 14 nitrogen and oxygen atoms in total. The van der Waals surface area contributed by atoms with Crippen LogP contribution in [0.1, 0.15) is 45.7 Å². The minimum Gasteiger partial charge on any atom is -0.744 e. The molecule has 0 saturated carbocycles. The van der Waals surface area contributed by atoms with E-state index in [0.29, 0.717) is 28.4 Å². The summed E-state index contributed by atoms with van der Waals surface area (Å²) in [4.78, 5) is 24.5. The maximum absolute atomic E-state index is 12.3. The largest absolute Gasteiger partial charge is 0.744 e. The van der Waals surface area contributed by atoms with Crippen LogP contribution in [0.25, 0.3) is 0 Å². The number of ether oxygens (including phenoxy) is 4. The molecule has 0 aliphatic heterocycles. The first-order valence-electron chi connectivity index (χ1n) is 15.2. The number of carbonyl (C=O) groups is 2. The highest BCUT2D eigenvalue weighted by atomic mass is 32.2. The molecular formula is C35H34O14S2-2. The van der Waals surface area contributed by atoms with Gasteiger partial charge in [0.1, 0.15) is 60.3 Å². The number of aliphatic hydroxyl groups excluding tert-OH is 2. The van der Waals surface area contributed by atoms with Gasteiger partial charge in [-0.15, -0.1) is 0 Å². The fourth-order valence-electron chi connectivity index (χ4n) is 4.55. The molecule has 0 fully saturated rings. The van der Waals surface area contributed by atoms with Crippen molar-refractivity contribution in [2.24, 2.45) is 0 Å². The van der Waals surface area contributed by atoms with Crippen LogP contribution in [0, 0.1) is 0 Å². The number of aliphatic hydroxyl groups is 2. The number of carbonyl (C=O) groups excluding carboxylic acids is 2. The van der Waals surface area contributed by atoms with Crippen molar-refractivity contribution in [2.75, 3.05) is 26.4 Å². The van der Waals surface area contributed by atoms with Crippen molar-refractivity contribution < 1.29 is 66.3 Å². The van der Waals surface area contributed by atoms with Gasteiger partial charge in [-0.2, -0.15) is 4.33 Å². The Balaban J connectivity index is 1.19. The Labute approximate surface area is 298 Å². The van der Waals surface area contributed by atoms with Gasteiger partial charge in [0, 0.05) is 10.3 Å². The first-order chi connectivity index (χ1) is 24.3. The molecule has 4 aromatic carbocycles. The van der Waals surface area contributed by atoms with Crippen molar-refractivity contribution in [1.82, 2.24) is 0 Å².